The number of nitrogens with two attached hydrogens (primary N) is 1. The van der Waals surface area contributed by atoms with Gasteiger partial charge in [-0.3, -0.25) is 9.59 Å². The Morgan fingerprint density at radius 1 is 0.510 bits per heavy atom. The molecule has 0 aliphatic heterocycles. The first-order valence-electron chi connectivity index (χ1n) is 21.1. The van der Waals surface area contributed by atoms with Crippen molar-refractivity contribution in [2.24, 2.45) is 5.73 Å². The maximum atomic E-state index is 12.7. The number of aliphatic hydroxyl groups excluding tert-OH is 1. The van der Waals surface area contributed by atoms with Crippen LogP contribution in [0.15, 0.2) is 24.3 Å². The van der Waals surface area contributed by atoms with Crippen LogP contribution in [0.25, 0.3) is 0 Å². The Morgan fingerprint density at radius 2 is 0.776 bits per heavy atom. The molecule has 2 amide bonds. The molecule has 5 N–H and O–H groups in total. The number of aliphatic hydroxyl groups is 1. The highest BCUT2D eigenvalue weighted by molar-refractivity contribution is 5.77. The molecule has 6 heteroatoms. The topological polar surface area (TPSA) is 104 Å². The van der Waals surface area contributed by atoms with Crippen LogP contribution in [-0.2, 0) is 9.59 Å². The number of carbonyl (C=O) groups is 2. The van der Waals surface area contributed by atoms with Gasteiger partial charge >= 0.3 is 0 Å². The first kappa shape index (κ1) is 47.3. The van der Waals surface area contributed by atoms with Crippen LogP contribution in [0.3, 0.4) is 0 Å². The molecule has 0 aliphatic rings. The van der Waals surface area contributed by atoms with E-state index in [1.807, 2.05) is 13.8 Å². The van der Waals surface area contributed by atoms with Gasteiger partial charge in [-0.25, -0.2) is 0 Å². The Bertz CT molecular complexity index is 765. The van der Waals surface area contributed by atoms with Crippen LogP contribution in [0.5, 0.6) is 0 Å². The van der Waals surface area contributed by atoms with Crippen LogP contribution < -0.4 is 16.4 Å². The van der Waals surface area contributed by atoms with E-state index in [4.69, 9.17) is 5.73 Å². The fourth-order valence-corrected chi connectivity index (χ4v) is 6.69. The molecule has 0 heterocycles. The number of amides is 2. The minimum Gasteiger partial charge on any atom is -0.391 e. The molecule has 6 nitrogen and oxygen atoms in total. The first-order chi connectivity index (χ1) is 23.7. The van der Waals surface area contributed by atoms with Gasteiger partial charge in [0, 0.05) is 24.9 Å². The number of rotatable bonds is 35. The van der Waals surface area contributed by atoms with Gasteiger partial charge in [0.05, 0.1) is 11.6 Å². The SMILES string of the molecule is CCCCCCCC/C=C\CCCCCCCC(=O)NC(C)C(N)(C(C)O)C(C)NC(=O)CCCCCCC/C=C\CCCCCCCC. The van der Waals surface area contributed by atoms with E-state index in [1.54, 1.807) is 6.92 Å². The molecule has 3 atom stereocenters. The van der Waals surface area contributed by atoms with E-state index in [-0.39, 0.29) is 11.8 Å². The summed E-state index contributed by atoms with van der Waals surface area (Å²) in [6, 6.07) is -0.975. The zero-order valence-corrected chi connectivity index (χ0v) is 33.2. The van der Waals surface area contributed by atoms with Gasteiger partial charge in [-0.2, -0.15) is 0 Å². The maximum absolute atomic E-state index is 12.7. The van der Waals surface area contributed by atoms with Crippen LogP contribution in [0.4, 0.5) is 0 Å². The molecule has 0 spiro atoms. The average Bonchev–Trinajstić information content (AvgIpc) is 3.07. The maximum Gasteiger partial charge on any atom is 0.220 e. The molecule has 0 bridgehead atoms. The molecular formula is C43H83N3O3. The van der Waals surface area contributed by atoms with E-state index in [9.17, 15) is 14.7 Å². The fraction of sp³-hybridized carbons (Fsp3) is 0.860. The second kappa shape index (κ2) is 33.5. The van der Waals surface area contributed by atoms with Gasteiger partial charge in [-0.15, -0.1) is 0 Å². The van der Waals surface area contributed by atoms with Crippen molar-refractivity contribution < 1.29 is 14.7 Å². The Labute approximate surface area is 304 Å². The minimum atomic E-state index is -1.17. The Kier molecular flexibility index (Phi) is 32.3. The van der Waals surface area contributed by atoms with Crippen molar-refractivity contribution in [2.45, 2.75) is 238 Å². The number of allylic oxidation sites excluding steroid dienone is 4. The molecule has 0 radical (unpaired) electrons. The second-order valence-corrected chi connectivity index (χ2v) is 14.9. The van der Waals surface area contributed by atoms with Crippen molar-refractivity contribution in [3.8, 4) is 0 Å². The van der Waals surface area contributed by atoms with E-state index < -0.39 is 23.7 Å². The summed E-state index contributed by atoms with van der Waals surface area (Å²) < 4.78 is 0. The zero-order chi connectivity index (χ0) is 36.4. The molecule has 0 aromatic heterocycles. The highest BCUT2D eigenvalue weighted by Crippen LogP contribution is 2.20. The lowest BCUT2D eigenvalue weighted by Crippen LogP contribution is -2.72. The third-order valence-electron chi connectivity index (χ3n) is 10.3. The van der Waals surface area contributed by atoms with Crippen molar-refractivity contribution in [1.82, 2.24) is 10.6 Å². The van der Waals surface area contributed by atoms with E-state index in [0.717, 1.165) is 51.4 Å². The van der Waals surface area contributed by atoms with E-state index in [1.165, 1.54) is 116 Å². The first-order valence-corrected chi connectivity index (χ1v) is 21.1. The standard InChI is InChI=1S/C43H83N3O3/c1-6-8-10-12-14-16-18-20-22-24-26-28-30-32-34-36-41(48)45-38(3)43(44,40(5)47)39(4)46-42(49)37-35-33-31-29-27-25-23-21-19-17-15-13-11-9-7-2/h20-23,38-40,47H,6-19,24-37,44H2,1-5H3,(H,45,48)(H,46,49)/b22-20-,23-21-. The molecule has 3 unspecified atom stereocenters. The van der Waals surface area contributed by atoms with Crippen LogP contribution in [-0.4, -0.2) is 40.6 Å². The zero-order valence-electron chi connectivity index (χ0n) is 33.2. The Balaban J connectivity index is 4.07. The average molecular weight is 690 g/mol. The molecule has 0 aromatic carbocycles. The summed E-state index contributed by atoms with van der Waals surface area (Å²) >= 11 is 0. The predicted octanol–water partition coefficient (Wildman–Crippen LogP) is 11.1. The normalized spacial score (nSPS) is 15.0. The van der Waals surface area contributed by atoms with Crippen molar-refractivity contribution in [1.29, 1.82) is 0 Å². The molecule has 0 aliphatic carbocycles. The molecular weight excluding hydrogens is 606 g/mol. The largest absolute Gasteiger partial charge is 0.391 e. The summed E-state index contributed by atoms with van der Waals surface area (Å²) in [7, 11) is 0. The summed E-state index contributed by atoms with van der Waals surface area (Å²) in [5, 5.41) is 16.7. The summed E-state index contributed by atoms with van der Waals surface area (Å²) in [6.07, 6.45) is 41.2. The molecule has 0 aromatic rings. The lowest BCUT2D eigenvalue weighted by Gasteiger charge is -2.43. The highest BCUT2D eigenvalue weighted by atomic mass is 16.3. The summed E-state index contributed by atoms with van der Waals surface area (Å²) in [5.41, 5.74) is 5.54. The molecule has 0 rings (SSSR count). The monoisotopic (exact) mass is 690 g/mol. The molecule has 0 fully saturated rings. The Morgan fingerprint density at radius 3 is 1.06 bits per heavy atom. The van der Waals surface area contributed by atoms with Crippen molar-refractivity contribution in [3.05, 3.63) is 24.3 Å². The van der Waals surface area contributed by atoms with Gasteiger partial charge in [0.15, 0.2) is 0 Å². The summed E-state index contributed by atoms with van der Waals surface area (Å²) in [6.45, 7) is 9.82. The Hall–Kier alpha value is -1.66. The second-order valence-electron chi connectivity index (χ2n) is 14.9. The van der Waals surface area contributed by atoms with E-state index in [2.05, 4.69) is 48.8 Å². The third-order valence-corrected chi connectivity index (χ3v) is 10.3. The van der Waals surface area contributed by atoms with Gasteiger partial charge in [0.2, 0.25) is 11.8 Å². The lowest BCUT2D eigenvalue weighted by molar-refractivity contribution is -0.123. The fourth-order valence-electron chi connectivity index (χ4n) is 6.69. The quantitative estimate of drug-likeness (QED) is 0.0393. The summed E-state index contributed by atoms with van der Waals surface area (Å²) in [5.74, 6) is -0.0974. The molecule has 0 saturated carbocycles. The van der Waals surface area contributed by atoms with Crippen LogP contribution in [0.1, 0.15) is 214 Å². The lowest BCUT2D eigenvalue weighted by atomic mass is 9.80. The van der Waals surface area contributed by atoms with Gasteiger partial charge in [-0.1, -0.05) is 141 Å². The molecule has 288 valence electrons. The van der Waals surface area contributed by atoms with E-state index in [0.29, 0.717) is 12.8 Å². The number of hydrogen-bond donors (Lipinski definition) is 4. The number of nitrogens with one attached hydrogen (secondary N) is 2. The molecule has 49 heavy (non-hydrogen) atoms. The van der Waals surface area contributed by atoms with Crippen LogP contribution in [0, 0.1) is 0 Å². The van der Waals surface area contributed by atoms with Crippen molar-refractivity contribution in [2.75, 3.05) is 0 Å². The van der Waals surface area contributed by atoms with Crippen LogP contribution >= 0.6 is 0 Å². The highest BCUT2D eigenvalue weighted by Gasteiger charge is 2.43. The molecule has 0 saturated heterocycles. The van der Waals surface area contributed by atoms with Gasteiger partial charge in [-0.05, 0) is 85.0 Å². The number of carbonyl (C=O) groups excluding carboxylic acids is 2. The van der Waals surface area contributed by atoms with Crippen LogP contribution in [0.2, 0.25) is 0 Å². The van der Waals surface area contributed by atoms with Crippen molar-refractivity contribution >= 4 is 11.8 Å². The predicted molar refractivity (Wildman–Crippen MR) is 213 cm³/mol. The van der Waals surface area contributed by atoms with Gasteiger partial charge in [0.1, 0.15) is 0 Å². The number of unbranched alkanes of at least 4 members (excludes halogenated alkanes) is 22. The third kappa shape index (κ3) is 26.8. The smallest absolute Gasteiger partial charge is 0.220 e. The summed E-state index contributed by atoms with van der Waals surface area (Å²) in [4.78, 5) is 25.4. The number of hydrogen-bond acceptors (Lipinski definition) is 4. The van der Waals surface area contributed by atoms with E-state index >= 15 is 0 Å². The van der Waals surface area contributed by atoms with Crippen molar-refractivity contribution in [3.63, 3.8) is 0 Å². The minimum absolute atomic E-state index is 0.0487. The van der Waals surface area contributed by atoms with Gasteiger partial charge in [0.25, 0.3) is 0 Å². The van der Waals surface area contributed by atoms with Gasteiger partial charge < -0.3 is 21.5 Å².